The van der Waals surface area contributed by atoms with Crippen molar-refractivity contribution in [3.05, 3.63) is 0 Å². The van der Waals surface area contributed by atoms with E-state index in [0.717, 1.165) is 13.1 Å². The van der Waals surface area contributed by atoms with Crippen LogP contribution in [0.2, 0.25) is 0 Å². The lowest BCUT2D eigenvalue weighted by Gasteiger charge is -2.24. The van der Waals surface area contributed by atoms with Gasteiger partial charge in [0.1, 0.15) is 0 Å². The number of hydrogen-bond donors (Lipinski definition) is 2. The zero-order chi connectivity index (χ0) is 10.4. The summed E-state index contributed by atoms with van der Waals surface area (Å²) >= 11 is 4.89. The molecule has 3 N–H and O–H groups in total. The molecule has 2 unspecified atom stereocenters. The van der Waals surface area contributed by atoms with Crippen LogP contribution in [0.1, 0.15) is 20.8 Å². The molecule has 0 aliphatic rings. The highest BCUT2D eigenvalue weighted by atomic mass is 32.1. The molecular weight excluding hydrogens is 184 g/mol. The Morgan fingerprint density at radius 3 is 2.31 bits per heavy atom. The predicted molar refractivity (Wildman–Crippen MR) is 59.7 cm³/mol. The lowest BCUT2D eigenvalue weighted by atomic mass is 10.1. The van der Waals surface area contributed by atoms with E-state index < -0.39 is 0 Å². The topological polar surface area (TPSA) is 49.5 Å². The molecule has 0 aromatic heterocycles. The minimum Gasteiger partial charge on any atom is -0.393 e. The largest absolute Gasteiger partial charge is 0.393 e. The molecule has 78 valence electrons. The Balaban J connectivity index is 3.90. The van der Waals surface area contributed by atoms with Crippen molar-refractivity contribution in [2.75, 3.05) is 19.6 Å². The van der Waals surface area contributed by atoms with Crippen LogP contribution in [0.3, 0.4) is 0 Å². The Labute approximate surface area is 85.9 Å². The smallest absolute Gasteiger partial charge is 0.0768 e. The monoisotopic (exact) mass is 204 g/mol. The lowest BCUT2D eigenvalue weighted by molar-refractivity contribution is 0.126. The van der Waals surface area contributed by atoms with E-state index in [2.05, 4.69) is 11.8 Å². The number of nitrogens with two attached hydrogens (primary N) is 1. The fourth-order valence-corrected chi connectivity index (χ4v) is 1.26. The van der Waals surface area contributed by atoms with Crippen molar-refractivity contribution in [2.45, 2.75) is 26.9 Å². The van der Waals surface area contributed by atoms with E-state index in [9.17, 15) is 5.11 Å². The van der Waals surface area contributed by atoms with Gasteiger partial charge in [-0.05, 0) is 13.5 Å². The van der Waals surface area contributed by atoms with Crippen LogP contribution in [0.15, 0.2) is 0 Å². The van der Waals surface area contributed by atoms with Gasteiger partial charge in [-0.2, -0.15) is 0 Å². The number of thiocarbonyl (C=S) groups is 1. The van der Waals surface area contributed by atoms with Gasteiger partial charge in [-0.1, -0.05) is 26.1 Å². The molecule has 3 nitrogen and oxygen atoms in total. The number of nitrogens with zero attached hydrogens (tertiary/aromatic N) is 1. The summed E-state index contributed by atoms with van der Waals surface area (Å²) in [6.45, 7) is 8.29. The second-order valence-electron chi connectivity index (χ2n) is 3.50. The van der Waals surface area contributed by atoms with Gasteiger partial charge in [0.05, 0.1) is 11.1 Å². The Kier molecular flexibility index (Phi) is 6.20. The zero-order valence-corrected chi connectivity index (χ0v) is 9.47. The van der Waals surface area contributed by atoms with Gasteiger partial charge in [-0.25, -0.2) is 0 Å². The van der Waals surface area contributed by atoms with Gasteiger partial charge >= 0.3 is 0 Å². The molecule has 2 atom stereocenters. The van der Waals surface area contributed by atoms with Gasteiger partial charge in [0, 0.05) is 19.0 Å². The van der Waals surface area contributed by atoms with Gasteiger partial charge < -0.3 is 15.7 Å². The van der Waals surface area contributed by atoms with E-state index in [-0.39, 0.29) is 12.0 Å². The summed E-state index contributed by atoms with van der Waals surface area (Å²) in [7, 11) is 0. The first-order valence-electron chi connectivity index (χ1n) is 4.67. The quantitative estimate of drug-likeness (QED) is 0.623. The molecule has 0 bridgehead atoms. The third kappa shape index (κ3) is 5.96. The van der Waals surface area contributed by atoms with Gasteiger partial charge in [0.2, 0.25) is 0 Å². The average molecular weight is 204 g/mol. The fourth-order valence-electron chi connectivity index (χ4n) is 1.18. The molecule has 0 fully saturated rings. The van der Waals surface area contributed by atoms with Crippen LogP contribution >= 0.6 is 12.2 Å². The van der Waals surface area contributed by atoms with Crippen LogP contribution in [0.25, 0.3) is 0 Å². The summed E-state index contributed by atoms with van der Waals surface area (Å²) in [4.78, 5) is 2.69. The van der Waals surface area contributed by atoms with Gasteiger partial charge in [0.25, 0.3) is 0 Å². The van der Waals surface area contributed by atoms with Crippen LogP contribution in [-0.4, -0.2) is 40.7 Å². The standard InChI is InChI=1S/C9H20N2OS/c1-4-11(6-8(3)12)5-7(2)9(10)13/h7-8,12H,4-6H2,1-3H3,(H2,10,13). The van der Waals surface area contributed by atoms with Crippen LogP contribution in [-0.2, 0) is 0 Å². The van der Waals surface area contributed by atoms with Crippen molar-refractivity contribution in [3.8, 4) is 0 Å². The fraction of sp³-hybridized carbons (Fsp3) is 0.889. The molecule has 0 saturated heterocycles. The molecule has 0 aromatic carbocycles. The first-order chi connectivity index (χ1) is 5.97. The van der Waals surface area contributed by atoms with Crippen molar-refractivity contribution >= 4 is 17.2 Å². The molecule has 0 saturated carbocycles. The zero-order valence-electron chi connectivity index (χ0n) is 8.66. The second-order valence-corrected chi connectivity index (χ2v) is 3.98. The number of rotatable bonds is 6. The maximum Gasteiger partial charge on any atom is 0.0768 e. The first-order valence-corrected chi connectivity index (χ1v) is 5.07. The second kappa shape index (κ2) is 6.29. The maximum atomic E-state index is 9.20. The lowest BCUT2D eigenvalue weighted by Crippen LogP contribution is -2.37. The molecule has 0 aliphatic heterocycles. The van der Waals surface area contributed by atoms with Crippen molar-refractivity contribution in [2.24, 2.45) is 11.7 Å². The third-order valence-electron chi connectivity index (χ3n) is 1.99. The van der Waals surface area contributed by atoms with Crippen LogP contribution in [0.4, 0.5) is 0 Å². The summed E-state index contributed by atoms with van der Waals surface area (Å²) in [6.07, 6.45) is -0.293. The van der Waals surface area contributed by atoms with Crippen LogP contribution in [0, 0.1) is 5.92 Å². The van der Waals surface area contributed by atoms with E-state index in [1.807, 2.05) is 6.92 Å². The number of aliphatic hydroxyl groups is 1. The molecule has 4 heteroatoms. The molecule has 0 spiro atoms. The Morgan fingerprint density at radius 1 is 1.46 bits per heavy atom. The molecule has 13 heavy (non-hydrogen) atoms. The van der Waals surface area contributed by atoms with Gasteiger partial charge in [-0.3, -0.25) is 0 Å². The predicted octanol–water partition coefficient (Wildman–Crippen LogP) is 0.611. The average Bonchev–Trinajstić information content (AvgIpc) is 2.02. The first kappa shape index (κ1) is 12.8. The highest BCUT2D eigenvalue weighted by Crippen LogP contribution is 2.01. The van der Waals surface area contributed by atoms with E-state index >= 15 is 0 Å². The molecule has 0 heterocycles. The van der Waals surface area contributed by atoms with E-state index in [1.165, 1.54) is 0 Å². The summed E-state index contributed by atoms with van der Waals surface area (Å²) in [5.41, 5.74) is 5.51. The number of aliphatic hydroxyl groups excluding tert-OH is 1. The third-order valence-corrected chi connectivity index (χ3v) is 2.39. The van der Waals surface area contributed by atoms with E-state index in [1.54, 1.807) is 6.92 Å². The summed E-state index contributed by atoms with van der Waals surface area (Å²) in [5, 5.41) is 9.20. The number of hydrogen-bond acceptors (Lipinski definition) is 3. The SMILES string of the molecule is CCN(CC(C)O)CC(C)C(N)=S. The summed E-state index contributed by atoms with van der Waals surface area (Å²) in [5.74, 6) is 0.216. The summed E-state index contributed by atoms with van der Waals surface area (Å²) < 4.78 is 0. The molecule has 0 rings (SSSR count). The van der Waals surface area contributed by atoms with Gasteiger partial charge in [-0.15, -0.1) is 0 Å². The summed E-state index contributed by atoms with van der Waals surface area (Å²) in [6, 6.07) is 0. The molecule has 0 aliphatic carbocycles. The Bertz CT molecular complexity index is 162. The Morgan fingerprint density at radius 2 is 2.00 bits per heavy atom. The van der Waals surface area contributed by atoms with Crippen molar-refractivity contribution in [1.82, 2.24) is 4.90 Å². The van der Waals surface area contributed by atoms with Crippen molar-refractivity contribution in [1.29, 1.82) is 0 Å². The highest BCUT2D eigenvalue weighted by molar-refractivity contribution is 7.80. The molecule has 0 radical (unpaired) electrons. The minimum atomic E-state index is -0.293. The van der Waals surface area contributed by atoms with Crippen LogP contribution in [0.5, 0.6) is 0 Å². The van der Waals surface area contributed by atoms with Gasteiger partial charge in [0.15, 0.2) is 0 Å². The van der Waals surface area contributed by atoms with E-state index in [4.69, 9.17) is 18.0 Å². The van der Waals surface area contributed by atoms with Crippen molar-refractivity contribution < 1.29 is 5.11 Å². The highest BCUT2D eigenvalue weighted by Gasteiger charge is 2.12. The normalized spacial score (nSPS) is 15.8. The van der Waals surface area contributed by atoms with Crippen molar-refractivity contribution in [3.63, 3.8) is 0 Å². The molecule has 0 amide bonds. The molecule has 0 aromatic rings. The Hall–Kier alpha value is -0.190. The van der Waals surface area contributed by atoms with Crippen LogP contribution < -0.4 is 5.73 Å². The minimum absolute atomic E-state index is 0.216. The van der Waals surface area contributed by atoms with E-state index in [0.29, 0.717) is 11.5 Å². The maximum absolute atomic E-state index is 9.20. The molecular formula is C9H20N2OS. The number of likely N-dealkylation sites (N-methyl/N-ethyl adjacent to an activating group) is 1.